The largest absolute Gasteiger partial charge is 1.00 e. The van der Waals surface area contributed by atoms with E-state index in [4.69, 9.17) is 16.3 Å². The van der Waals surface area contributed by atoms with Gasteiger partial charge in [0.25, 0.3) is 0 Å². The van der Waals surface area contributed by atoms with Crippen molar-refractivity contribution in [1.82, 2.24) is 0 Å². The average molecular weight is 284 g/mol. The maximum Gasteiger partial charge on any atom is 0.361 e. The van der Waals surface area contributed by atoms with E-state index in [1.165, 1.54) is 0 Å². The fourth-order valence-electron chi connectivity index (χ4n) is 1.16. The van der Waals surface area contributed by atoms with Crippen LogP contribution in [0.4, 0.5) is 0 Å². The highest BCUT2D eigenvalue weighted by molar-refractivity contribution is 6.29. The van der Waals surface area contributed by atoms with Crippen molar-refractivity contribution >= 4 is 17.6 Å². The summed E-state index contributed by atoms with van der Waals surface area (Å²) in [4.78, 5) is 11.5. The lowest BCUT2D eigenvalue weighted by molar-refractivity contribution is -0.877. The summed E-state index contributed by atoms with van der Waals surface area (Å²) < 4.78 is 5.68. The monoisotopic (exact) mass is 283 g/mol. The Morgan fingerprint density at radius 2 is 2.00 bits per heavy atom. The molecule has 0 aliphatic rings. The summed E-state index contributed by atoms with van der Waals surface area (Å²) in [5.74, 6) is -0.140. The molecule has 0 fully saturated rings. The topological polar surface area (TPSA) is 26.3 Å². The molecule has 0 radical (unpaired) electrons. The molecule has 0 spiro atoms. The smallest absolute Gasteiger partial charge is 0.361 e. The molecular formula is C12H23Cl2NO2. The molecule has 0 aliphatic carbocycles. The third-order valence-electron chi connectivity index (χ3n) is 2.18. The number of hydrogen-bond donors (Lipinski definition) is 0. The van der Waals surface area contributed by atoms with E-state index >= 15 is 0 Å². The minimum atomic E-state index is -0.140. The van der Waals surface area contributed by atoms with E-state index < -0.39 is 0 Å². The second-order valence-electron chi connectivity index (χ2n) is 4.64. The molecule has 0 aromatic carbocycles. The number of nitrogens with zero attached hydrogens (tertiary/aromatic N) is 1. The molecule has 17 heavy (non-hydrogen) atoms. The van der Waals surface area contributed by atoms with Crippen molar-refractivity contribution in [2.75, 3.05) is 33.8 Å². The first-order chi connectivity index (χ1) is 7.37. The second kappa shape index (κ2) is 9.75. The Kier molecular flexibility index (Phi) is 10.9. The lowest BCUT2D eigenvalue weighted by Crippen LogP contribution is -3.00. The maximum atomic E-state index is 11.5. The van der Waals surface area contributed by atoms with Gasteiger partial charge in [0.05, 0.1) is 27.2 Å². The quantitative estimate of drug-likeness (QED) is 0.360. The minimum absolute atomic E-state index is 0. The summed E-state index contributed by atoms with van der Waals surface area (Å²) in [6.45, 7) is 5.55. The Labute approximate surface area is 116 Å². The zero-order valence-electron chi connectivity index (χ0n) is 11.1. The van der Waals surface area contributed by atoms with Crippen LogP contribution in [-0.2, 0) is 9.53 Å². The molecule has 0 N–H and O–H groups in total. The van der Waals surface area contributed by atoms with Crippen LogP contribution in [0.5, 0.6) is 0 Å². The third-order valence-corrected chi connectivity index (χ3v) is 2.34. The summed E-state index contributed by atoms with van der Waals surface area (Å²) in [7, 11) is 3.97. The zero-order chi connectivity index (χ0) is 12.6. The number of halogens is 2. The number of unbranched alkanes of at least 4 members (excludes halogenated alkanes) is 1. The SMILES string of the molecule is CCCCOC(=O)C[N+](C)(C)C/C=C(/C)Cl.[Cl-]. The highest BCUT2D eigenvalue weighted by Crippen LogP contribution is 2.04. The van der Waals surface area contributed by atoms with Gasteiger partial charge in [-0.25, -0.2) is 4.79 Å². The maximum absolute atomic E-state index is 11.5. The van der Waals surface area contributed by atoms with E-state index in [0.29, 0.717) is 17.6 Å². The van der Waals surface area contributed by atoms with Crippen LogP contribution in [0.1, 0.15) is 26.7 Å². The van der Waals surface area contributed by atoms with E-state index in [2.05, 4.69) is 6.92 Å². The van der Waals surface area contributed by atoms with Gasteiger partial charge in [-0.15, -0.1) is 0 Å². The van der Waals surface area contributed by atoms with Gasteiger partial charge in [-0.1, -0.05) is 24.9 Å². The summed E-state index contributed by atoms with van der Waals surface area (Å²) in [6.07, 6.45) is 3.89. The zero-order valence-corrected chi connectivity index (χ0v) is 12.6. The molecule has 0 bridgehead atoms. The van der Waals surface area contributed by atoms with Gasteiger partial charge in [-0.05, 0) is 19.4 Å². The number of ether oxygens (including phenoxy) is 1. The molecule has 5 heteroatoms. The Balaban J connectivity index is 0. The molecular weight excluding hydrogens is 261 g/mol. The highest BCUT2D eigenvalue weighted by atomic mass is 35.5. The molecule has 102 valence electrons. The minimum Gasteiger partial charge on any atom is -1.00 e. The van der Waals surface area contributed by atoms with Crippen LogP contribution in [0.2, 0.25) is 0 Å². The van der Waals surface area contributed by atoms with Crippen molar-refractivity contribution in [3.05, 3.63) is 11.1 Å². The Hall–Kier alpha value is -0.250. The lowest BCUT2D eigenvalue weighted by atomic mass is 10.3. The molecule has 0 unspecified atom stereocenters. The molecule has 0 rings (SSSR count). The van der Waals surface area contributed by atoms with Gasteiger partial charge in [0.1, 0.15) is 0 Å². The summed E-state index contributed by atoms with van der Waals surface area (Å²) in [6, 6.07) is 0. The lowest BCUT2D eigenvalue weighted by Gasteiger charge is -2.27. The normalized spacial score (nSPS) is 11.9. The van der Waals surface area contributed by atoms with Crippen LogP contribution in [0.25, 0.3) is 0 Å². The number of esters is 1. The summed E-state index contributed by atoms with van der Waals surface area (Å²) >= 11 is 5.76. The predicted molar refractivity (Wildman–Crippen MR) is 67.3 cm³/mol. The number of allylic oxidation sites excluding steroid dienone is 1. The van der Waals surface area contributed by atoms with E-state index in [9.17, 15) is 4.79 Å². The molecule has 0 saturated heterocycles. The van der Waals surface area contributed by atoms with Crippen molar-refractivity contribution in [2.24, 2.45) is 0 Å². The Morgan fingerprint density at radius 1 is 1.41 bits per heavy atom. The number of likely N-dealkylation sites (N-methyl/N-ethyl adjacent to an activating group) is 1. The molecule has 0 aromatic rings. The number of carbonyl (C=O) groups excluding carboxylic acids is 1. The van der Waals surface area contributed by atoms with Crippen molar-refractivity contribution in [1.29, 1.82) is 0 Å². The molecule has 3 nitrogen and oxygen atoms in total. The summed E-state index contributed by atoms with van der Waals surface area (Å²) in [5.41, 5.74) is 0. The van der Waals surface area contributed by atoms with Gasteiger partial charge in [0.2, 0.25) is 0 Å². The van der Waals surface area contributed by atoms with Crippen molar-refractivity contribution in [3.8, 4) is 0 Å². The summed E-state index contributed by atoms with van der Waals surface area (Å²) in [5, 5.41) is 0.755. The second-order valence-corrected chi connectivity index (χ2v) is 5.24. The fraction of sp³-hybridized carbons (Fsp3) is 0.750. The third kappa shape index (κ3) is 12.0. The fourth-order valence-corrected chi connectivity index (χ4v) is 1.23. The number of hydrogen-bond acceptors (Lipinski definition) is 2. The molecule has 0 aliphatic heterocycles. The van der Waals surface area contributed by atoms with Crippen LogP contribution >= 0.6 is 11.6 Å². The van der Waals surface area contributed by atoms with E-state index in [1.54, 1.807) is 0 Å². The van der Waals surface area contributed by atoms with Gasteiger partial charge in [0.15, 0.2) is 6.54 Å². The predicted octanol–water partition coefficient (Wildman–Crippen LogP) is -0.447. The van der Waals surface area contributed by atoms with Crippen LogP contribution < -0.4 is 12.4 Å². The van der Waals surface area contributed by atoms with Gasteiger partial charge >= 0.3 is 5.97 Å². The van der Waals surface area contributed by atoms with E-state index in [0.717, 1.165) is 24.4 Å². The van der Waals surface area contributed by atoms with E-state index in [1.807, 2.05) is 27.1 Å². The molecule has 0 heterocycles. The van der Waals surface area contributed by atoms with Crippen molar-refractivity contribution in [3.63, 3.8) is 0 Å². The number of quaternary nitrogens is 1. The molecule has 0 saturated carbocycles. The first kappa shape index (κ1) is 19.1. The highest BCUT2D eigenvalue weighted by Gasteiger charge is 2.19. The Morgan fingerprint density at radius 3 is 2.47 bits per heavy atom. The van der Waals surface area contributed by atoms with E-state index in [-0.39, 0.29) is 18.4 Å². The van der Waals surface area contributed by atoms with Crippen molar-refractivity contribution in [2.45, 2.75) is 26.7 Å². The van der Waals surface area contributed by atoms with Crippen LogP contribution in [-0.4, -0.2) is 44.2 Å². The van der Waals surface area contributed by atoms with Crippen molar-refractivity contribution < 1.29 is 26.4 Å². The number of rotatable bonds is 7. The average Bonchev–Trinajstić information content (AvgIpc) is 2.15. The number of carbonyl (C=O) groups is 1. The molecule has 0 atom stereocenters. The first-order valence-corrected chi connectivity index (χ1v) is 6.05. The Bertz CT molecular complexity index is 249. The van der Waals surface area contributed by atoms with Crippen LogP contribution in [0.3, 0.4) is 0 Å². The first-order valence-electron chi connectivity index (χ1n) is 5.67. The van der Waals surface area contributed by atoms with Crippen LogP contribution in [0.15, 0.2) is 11.1 Å². The standard InChI is InChI=1S/C12H23ClNO2.ClH/c1-5-6-9-16-12(15)10-14(3,4)8-7-11(2)13;/h7H,5-6,8-10H2,1-4H3;1H/q+1;/p-1/b11-7-;. The van der Waals surface area contributed by atoms with Gasteiger partial charge < -0.3 is 21.6 Å². The van der Waals surface area contributed by atoms with Gasteiger partial charge in [-0.3, -0.25) is 0 Å². The van der Waals surface area contributed by atoms with Gasteiger partial charge in [0, 0.05) is 5.03 Å². The van der Waals surface area contributed by atoms with Gasteiger partial charge in [-0.2, -0.15) is 0 Å². The molecule has 0 aromatic heterocycles. The van der Waals surface area contributed by atoms with Crippen LogP contribution in [0, 0.1) is 0 Å². The molecule has 0 amide bonds.